The Balaban J connectivity index is 3.94. The molecule has 0 aromatic heterocycles. The minimum Gasteiger partial charge on any atom is -0.392 e. The molecule has 1 atom stereocenters. The lowest BCUT2D eigenvalue weighted by molar-refractivity contribution is 0.0451. The molecular weight excluding hydrogens is 275 g/mol. The van der Waals surface area contributed by atoms with E-state index in [2.05, 4.69) is 43.4 Å². The molecule has 1 nitrogen and oxygen atoms in total. The van der Waals surface area contributed by atoms with E-state index < -0.39 is 0 Å². The van der Waals surface area contributed by atoms with Gasteiger partial charge < -0.3 is 5.11 Å². The van der Waals surface area contributed by atoms with E-state index in [1.807, 2.05) is 10.2 Å². The van der Waals surface area contributed by atoms with Crippen molar-refractivity contribution in [2.24, 2.45) is 5.41 Å². The van der Waals surface area contributed by atoms with Gasteiger partial charge in [-0.05, 0) is 22.3 Å². The third kappa shape index (κ3) is 5.68. The van der Waals surface area contributed by atoms with E-state index in [-0.39, 0.29) is 11.5 Å². The van der Waals surface area contributed by atoms with Crippen LogP contribution in [0.5, 0.6) is 0 Å². The first-order chi connectivity index (χ1) is 6.04. The van der Waals surface area contributed by atoms with Crippen LogP contribution in [0.2, 0.25) is 0 Å². The molecule has 0 aliphatic heterocycles. The number of aliphatic hydroxyl groups excluding tert-OH is 1. The van der Waals surface area contributed by atoms with Crippen molar-refractivity contribution >= 4 is 22.6 Å². The topological polar surface area (TPSA) is 20.2 Å². The summed E-state index contributed by atoms with van der Waals surface area (Å²) in [5, 5.41) is 9.88. The summed E-state index contributed by atoms with van der Waals surface area (Å²) in [7, 11) is 0. The molecule has 0 aromatic rings. The summed E-state index contributed by atoms with van der Waals surface area (Å²) in [4.78, 5) is 0. The van der Waals surface area contributed by atoms with Gasteiger partial charge in [-0.1, -0.05) is 62.3 Å². The normalized spacial score (nSPS) is 15.2. The third-order valence-corrected chi connectivity index (χ3v) is 3.03. The van der Waals surface area contributed by atoms with Crippen LogP contribution >= 0.6 is 22.6 Å². The predicted octanol–water partition coefficient (Wildman–Crippen LogP) is 3.90. The standard InChI is InChI=1S/C11H21IO/c1-4-5-8-11(2,3)10(13)7-6-9-12/h6,9-10,13H,4-5,7-8H2,1-3H3. The van der Waals surface area contributed by atoms with Gasteiger partial charge in [0.25, 0.3) is 0 Å². The zero-order valence-electron chi connectivity index (χ0n) is 8.89. The number of hydrogen-bond donors (Lipinski definition) is 1. The van der Waals surface area contributed by atoms with Gasteiger partial charge in [-0.15, -0.1) is 0 Å². The summed E-state index contributed by atoms with van der Waals surface area (Å²) in [6, 6.07) is 0. The SMILES string of the molecule is CCCCC(C)(C)C(O)CC=CI. The van der Waals surface area contributed by atoms with Crippen molar-refractivity contribution in [1.29, 1.82) is 0 Å². The van der Waals surface area contributed by atoms with Crippen LogP contribution in [-0.2, 0) is 0 Å². The Hall–Kier alpha value is 0.430. The largest absolute Gasteiger partial charge is 0.392 e. The summed E-state index contributed by atoms with van der Waals surface area (Å²) >= 11 is 2.19. The highest BCUT2D eigenvalue weighted by Gasteiger charge is 2.25. The summed E-state index contributed by atoms with van der Waals surface area (Å²) in [5.74, 6) is 0. The molecular formula is C11H21IO. The molecule has 0 bridgehead atoms. The molecule has 0 amide bonds. The molecule has 0 saturated carbocycles. The van der Waals surface area contributed by atoms with Gasteiger partial charge in [-0.3, -0.25) is 0 Å². The van der Waals surface area contributed by atoms with E-state index in [9.17, 15) is 5.11 Å². The average molecular weight is 296 g/mol. The second-order valence-corrected chi connectivity index (χ2v) is 4.92. The Morgan fingerprint density at radius 2 is 2.08 bits per heavy atom. The van der Waals surface area contributed by atoms with E-state index in [1.165, 1.54) is 12.8 Å². The van der Waals surface area contributed by atoms with Gasteiger partial charge in [0.1, 0.15) is 0 Å². The van der Waals surface area contributed by atoms with Gasteiger partial charge in [0, 0.05) is 0 Å². The fourth-order valence-electron chi connectivity index (χ4n) is 1.30. The van der Waals surface area contributed by atoms with Crippen molar-refractivity contribution in [3.05, 3.63) is 10.2 Å². The quantitative estimate of drug-likeness (QED) is 0.737. The second-order valence-electron chi connectivity index (χ2n) is 4.21. The molecule has 0 heterocycles. The Kier molecular flexibility index (Phi) is 7.05. The molecule has 0 aromatic carbocycles. The molecule has 0 saturated heterocycles. The number of halogens is 1. The third-order valence-electron chi connectivity index (χ3n) is 2.53. The van der Waals surface area contributed by atoms with Gasteiger partial charge in [0.15, 0.2) is 0 Å². The lowest BCUT2D eigenvalue weighted by Crippen LogP contribution is -2.28. The Morgan fingerprint density at radius 1 is 1.46 bits per heavy atom. The zero-order valence-corrected chi connectivity index (χ0v) is 11.0. The van der Waals surface area contributed by atoms with Crippen LogP contribution < -0.4 is 0 Å². The monoisotopic (exact) mass is 296 g/mol. The van der Waals surface area contributed by atoms with Crippen molar-refractivity contribution < 1.29 is 5.11 Å². The number of unbranched alkanes of at least 4 members (excludes halogenated alkanes) is 1. The number of hydrogen-bond acceptors (Lipinski definition) is 1. The van der Waals surface area contributed by atoms with Crippen LogP contribution in [0.4, 0.5) is 0 Å². The first kappa shape index (κ1) is 13.4. The molecule has 0 spiro atoms. The molecule has 1 N–H and O–H groups in total. The molecule has 0 fully saturated rings. The van der Waals surface area contributed by atoms with Crippen molar-refractivity contribution in [3.8, 4) is 0 Å². The van der Waals surface area contributed by atoms with Gasteiger partial charge in [0.05, 0.1) is 6.10 Å². The first-order valence-electron chi connectivity index (χ1n) is 4.98. The summed E-state index contributed by atoms with van der Waals surface area (Å²) in [6.07, 6.45) is 6.12. The van der Waals surface area contributed by atoms with Crippen molar-refractivity contribution in [2.75, 3.05) is 0 Å². The highest BCUT2D eigenvalue weighted by atomic mass is 127. The van der Waals surface area contributed by atoms with Crippen molar-refractivity contribution in [2.45, 2.75) is 52.6 Å². The van der Waals surface area contributed by atoms with Crippen LogP contribution in [0.15, 0.2) is 10.2 Å². The highest BCUT2D eigenvalue weighted by Crippen LogP contribution is 2.29. The van der Waals surface area contributed by atoms with E-state index in [4.69, 9.17) is 0 Å². The maximum absolute atomic E-state index is 9.88. The highest BCUT2D eigenvalue weighted by molar-refractivity contribution is 14.1. The zero-order chi connectivity index (χ0) is 10.3. The molecule has 1 unspecified atom stereocenters. The van der Waals surface area contributed by atoms with E-state index in [1.54, 1.807) is 0 Å². The molecule has 78 valence electrons. The fraction of sp³-hybridized carbons (Fsp3) is 0.818. The maximum atomic E-state index is 9.88. The Bertz CT molecular complexity index is 152. The molecule has 0 aliphatic carbocycles. The van der Waals surface area contributed by atoms with E-state index >= 15 is 0 Å². The fourth-order valence-corrected chi connectivity index (χ4v) is 1.59. The van der Waals surface area contributed by atoms with E-state index in [0.29, 0.717) is 0 Å². The van der Waals surface area contributed by atoms with Crippen LogP contribution in [0, 0.1) is 5.41 Å². The Labute approximate surface area is 95.8 Å². The van der Waals surface area contributed by atoms with Crippen molar-refractivity contribution in [3.63, 3.8) is 0 Å². The minimum atomic E-state index is -0.204. The van der Waals surface area contributed by atoms with Crippen LogP contribution in [0.25, 0.3) is 0 Å². The molecule has 0 aliphatic rings. The van der Waals surface area contributed by atoms with Crippen molar-refractivity contribution in [1.82, 2.24) is 0 Å². The summed E-state index contributed by atoms with van der Waals surface area (Å²) in [5.41, 5.74) is 0.0617. The molecule has 0 rings (SSSR count). The predicted molar refractivity (Wildman–Crippen MR) is 67.1 cm³/mol. The molecule has 0 radical (unpaired) electrons. The number of rotatable bonds is 6. The molecule has 2 heteroatoms. The second kappa shape index (κ2) is 6.82. The van der Waals surface area contributed by atoms with E-state index in [0.717, 1.165) is 12.8 Å². The smallest absolute Gasteiger partial charge is 0.0625 e. The molecule has 13 heavy (non-hydrogen) atoms. The van der Waals surface area contributed by atoms with Gasteiger partial charge in [0.2, 0.25) is 0 Å². The average Bonchev–Trinajstić information content (AvgIpc) is 2.10. The lowest BCUT2D eigenvalue weighted by Gasteiger charge is -2.29. The first-order valence-corrected chi connectivity index (χ1v) is 6.22. The summed E-state index contributed by atoms with van der Waals surface area (Å²) < 4.78 is 1.97. The van der Waals surface area contributed by atoms with Gasteiger partial charge in [-0.25, -0.2) is 0 Å². The van der Waals surface area contributed by atoms with Gasteiger partial charge in [-0.2, -0.15) is 0 Å². The van der Waals surface area contributed by atoms with Crippen LogP contribution in [0.1, 0.15) is 46.5 Å². The number of aliphatic hydroxyl groups is 1. The Morgan fingerprint density at radius 3 is 2.54 bits per heavy atom. The minimum absolute atomic E-state index is 0.0617. The van der Waals surface area contributed by atoms with Crippen LogP contribution in [0.3, 0.4) is 0 Å². The summed E-state index contributed by atoms with van der Waals surface area (Å²) in [6.45, 7) is 6.48. The van der Waals surface area contributed by atoms with Crippen LogP contribution in [-0.4, -0.2) is 11.2 Å². The van der Waals surface area contributed by atoms with Gasteiger partial charge >= 0.3 is 0 Å². The maximum Gasteiger partial charge on any atom is 0.0625 e. The lowest BCUT2D eigenvalue weighted by atomic mass is 9.80.